The zero-order chi connectivity index (χ0) is 24.4. The minimum Gasteiger partial charge on any atom is -0.496 e. The van der Waals surface area contributed by atoms with Crippen LogP contribution in [-0.2, 0) is 4.79 Å². The highest BCUT2D eigenvalue weighted by Crippen LogP contribution is 2.37. The summed E-state index contributed by atoms with van der Waals surface area (Å²) in [6, 6.07) is 14.0. The van der Waals surface area contributed by atoms with Gasteiger partial charge in [-0.05, 0) is 48.7 Å². The second-order valence-electron chi connectivity index (χ2n) is 7.78. The van der Waals surface area contributed by atoms with E-state index in [-0.39, 0.29) is 11.5 Å². The number of methoxy groups -OCH3 is 1. The molecule has 0 aliphatic rings. The lowest BCUT2D eigenvalue weighted by Gasteiger charge is -2.11. The van der Waals surface area contributed by atoms with Crippen LogP contribution >= 0.6 is 0 Å². The summed E-state index contributed by atoms with van der Waals surface area (Å²) >= 11 is 0. The normalized spacial score (nSPS) is 11.5. The molecule has 4 rings (SSSR count). The summed E-state index contributed by atoms with van der Waals surface area (Å²) in [6.07, 6.45) is 3.00. The van der Waals surface area contributed by atoms with E-state index in [1.54, 1.807) is 44.4 Å². The van der Waals surface area contributed by atoms with Gasteiger partial charge < -0.3 is 14.5 Å². The first-order valence-corrected chi connectivity index (χ1v) is 10.4. The Kier molecular flexibility index (Phi) is 6.14. The molecule has 1 heterocycles. The lowest BCUT2D eigenvalue weighted by atomic mass is 9.99. The molecule has 0 unspecified atom stereocenters. The maximum Gasteiger partial charge on any atom is 0.271 e. The molecule has 0 atom stereocenters. The Morgan fingerprint density at radius 1 is 1.15 bits per heavy atom. The van der Waals surface area contributed by atoms with E-state index < -0.39 is 10.8 Å². The van der Waals surface area contributed by atoms with E-state index >= 15 is 0 Å². The monoisotopic (exact) mass is 460 g/mol. The highest BCUT2D eigenvalue weighted by Gasteiger charge is 2.16. The van der Waals surface area contributed by atoms with Gasteiger partial charge in [-0.2, -0.15) is 0 Å². The molecule has 8 heteroatoms. The zero-order valence-electron chi connectivity index (χ0n) is 18.7. The van der Waals surface area contributed by atoms with Gasteiger partial charge in [0.1, 0.15) is 17.1 Å². The molecule has 0 saturated carbocycles. The first-order chi connectivity index (χ1) is 16.3. The van der Waals surface area contributed by atoms with Gasteiger partial charge in [0.2, 0.25) is 5.91 Å². The Morgan fingerprint density at radius 3 is 2.56 bits per heavy atom. The number of carbonyl (C=O) groups excluding carboxylic acids is 1. The van der Waals surface area contributed by atoms with Gasteiger partial charge in [-0.25, -0.2) is 4.39 Å². The molecule has 0 spiro atoms. The third kappa shape index (κ3) is 4.52. The van der Waals surface area contributed by atoms with Crippen LogP contribution in [0.5, 0.6) is 5.75 Å². The van der Waals surface area contributed by atoms with Gasteiger partial charge in [-0.15, -0.1) is 0 Å². The maximum absolute atomic E-state index is 13.4. The minimum absolute atomic E-state index is 0.109. The molecule has 7 nitrogen and oxygen atoms in total. The topological polar surface area (TPSA) is 94.6 Å². The second-order valence-corrected chi connectivity index (χ2v) is 7.78. The number of benzene rings is 3. The summed E-state index contributed by atoms with van der Waals surface area (Å²) < 4.78 is 24.6. The fraction of sp³-hybridized carbons (Fsp3) is 0.115. The molecule has 172 valence electrons. The molecular weight excluding hydrogens is 439 g/mol. The van der Waals surface area contributed by atoms with Crippen molar-refractivity contribution in [3.63, 3.8) is 0 Å². The number of anilines is 1. The van der Waals surface area contributed by atoms with Gasteiger partial charge >= 0.3 is 0 Å². The molecule has 1 amide bonds. The number of amides is 1. The van der Waals surface area contributed by atoms with E-state index in [0.29, 0.717) is 33.7 Å². The number of furan rings is 1. The molecule has 0 aliphatic heterocycles. The van der Waals surface area contributed by atoms with Crippen LogP contribution in [0.15, 0.2) is 71.4 Å². The molecule has 1 N–H and O–H groups in total. The van der Waals surface area contributed by atoms with Crippen LogP contribution < -0.4 is 10.1 Å². The highest BCUT2D eigenvalue weighted by molar-refractivity contribution is 6.05. The van der Waals surface area contributed by atoms with E-state index in [9.17, 15) is 19.3 Å². The van der Waals surface area contributed by atoms with Gasteiger partial charge in [0.25, 0.3) is 5.69 Å². The number of nitrogens with zero attached hydrogens (tertiary/aromatic N) is 1. The van der Waals surface area contributed by atoms with Crippen LogP contribution in [0.4, 0.5) is 15.8 Å². The Hall–Kier alpha value is -4.46. The number of nitro benzene ring substituents is 1. The fourth-order valence-electron chi connectivity index (χ4n) is 3.69. The molecule has 0 saturated heterocycles. The number of hydrogen-bond acceptors (Lipinski definition) is 5. The first kappa shape index (κ1) is 22.7. The van der Waals surface area contributed by atoms with Gasteiger partial charge in [0, 0.05) is 40.8 Å². The predicted molar refractivity (Wildman–Crippen MR) is 128 cm³/mol. The van der Waals surface area contributed by atoms with Crippen LogP contribution in [0, 0.1) is 22.9 Å². The number of carbonyl (C=O) groups is 1. The number of nitrogens with one attached hydrogen (secondary N) is 1. The van der Waals surface area contributed by atoms with E-state index in [1.165, 1.54) is 37.5 Å². The van der Waals surface area contributed by atoms with Crippen LogP contribution in [0.1, 0.15) is 18.1 Å². The fourth-order valence-corrected chi connectivity index (χ4v) is 3.69. The molecule has 0 fully saturated rings. The number of allylic oxidation sites excluding steroid dienone is 1. The average Bonchev–Trinajstić information content (AvgIpc) is 3.22. The average molecular weight is 460 g/mol. The molecule has 3 aromatic carbocycles. The number of non-ortho nitro benzene ring substituents is 1. The van der Waals surface area contributed by atoms with Gasteiger partial charge in [-0.3, -0.25) is 14.9 Å². The molecule has 0 radical (unpaired) electrons. The zero-order valence-corrected chi connectivity index (χ0v) is 18.7. The molecule has 4 aromatic rings. The lowest BCUT2D eigenvalue weighted by molar-refractivity contribution is -0.384. The number of hydrogen-bond donors (Lipinski definition) is 1. The molecule has 34 heavy (non-hydrogen) atoms. The SMILES string of the molecule is COc1cc2occ(-c3ccc(F)cc3)c2cc1/C(C)=C/C(=O)Nc1cc([N+](=O)[O-])ccc1C. The summed E-state index contributed by atoms with van der Waals surface area (Å²) in [5, 5.41) is 14.5. The summed E-state index contributed by atoms with van der Waals surface area (Å²) in [5.41, 5.74) is 4.40. The van der Waals surface area contributed by atoms with Gasteiger partial charge in [0.05, 0.1) is 24.0 Å². The van der Waals surface area contributed by atoms with Crippen LogP contribution in [0.25, 0.3) is 27.7 Å². The summed E-state index contributed by atoms with van der Waals surface area (Å²) in [5.74, 6) is -0.252. The number of halogens is 1. The molecule has 0 aliphatic carbocycles. The summed E-state index contributed by atoms with van der Waals surface area (Å²) in [4.78, 5) is 23.3. The molecular formula is C26H21FN2O5. The third-order valence-electron chi connectivity index (χ3n) is 5.51. The summed E-state index contributed by atoms with van der Waals surface area (Å²) in [7, 11) is 1.52. The predicted octanol–water partition coefficient (Wildman–Crippen LogP) is 6.51. The van der Waals surface area contributed by atoms with Gasteiger partial charge in [0.15, 0.2) is 0 Å². The highest BCUT2D eigenvalue weighted by atomic mass is 19.1. The molecule has 1 aromatic heterocycles. The quantitative estimate of drug-likeness (QED) is 0.201. The van der Waals surface area contributed by atoms with Crippen LogP contribution in [0.3, 0.4) is 0 Å². The second kappa shape index (κ2) is 9.19. The van der Waals surface area contributed by atoms with Crippen molar-refractivity contribution in [1.29, 1.82) is 0 Å². The summed E-state index contributed by atoms with van der Waals surface area (Å²) in [6.45, 7) is 3.52. The Morgan fingerprint density at radius 2 is 1.88 bits per heavy atom. The van der Waals surface area contributed by atoms with Crippen LogP contribution in [-0.4, -0.2) is 17.9 Å². The smallest absolute Gasteiger partial charge is 0.271 e. The van der Waals surface area contributed by atoms with Gasteiger partial charge in [-0.1, -0.05) is 18.2 Å². The number of fused-ring (bicyclic) bond motifs is 1. The standard InChI is InChI=1S/C26H21FN2O5/c1-15-4-9-19(29(31)32)11-23(15)28-26(30)10-16(2)20-12-21-22(17-5-7-18(27)8-6-17)14-34-25(21)13-24(20)33-3/h4-14H,1-3H3,(H,28,30)/b16-10+. The molecule has 0 bridgehead atoms. The number of nitro groups is 1. The van der Waals surface area contributed by atoms with Crippen molar-refractivity contribution < 1.29 is 23.3 Å². The Labute approximate surface area is 194 Å². The van der Waals surface area contributed by atoms with Crippen molar-refractivity contribution in [2.75, 3.05) is 12.4 Å². The van der Waals surface area contributed by atoms with E-state index in [2.05, 4.69) is 5.32 Å². The number of aryl methyl sites for hydroxylation is 1. The maximum atomic E-state index is 13.4. The number of ether oxygens (including phenoxy) is 1. The Balaban J connectivity index is 1.70. The lowest BCUT2D eigenvalue weighted by Crippen LogP contribution is -2.10. The van der Waals surface area contributed by atoms with E-state index in [4.69, 9.17) is 9.15 Å². The van der Waals surface area contributed by atoms with Crippen molar-refractivity contribution in [3.8, 4) is 16.9 Å². The van der Waals surface area contributed by atoms with Crippen molar-refractivity contribution >= 4 is 33.8 Å². The minimum atomic E-state index is -0.514. The Bertz CT molecular complexity index is 1440. The van der Waals surface area contributed by atoms with Crippen molar-refractivity contribution in [3.05, 3.63) is 94.0 Å². The largest absolute Gasteiger partial charge is 0.496 e. The van der Waals surface area contributed by atoms with E-state index in [1.807, 2.05) is 6.07 Å². The van der Waals surface area contributed by atoms with Crippen molar-refractivity contribution in [2.24, 2.45) is 0 Å². The van der Waals surface area contributed by atoms with Crippen LogP contribution in [0.2, 0.25) is 0 Å². The van der Waals surface area contributed by atoms with E-state index in [0.717, 1.165) is 16.5 Å². The van der Waals surface area contributed by atoms with Crippen molar-refractivity contribution in [1.82, 2.24) is 0 Å². The number of rotatable bonds is 6. The first-order valence-electron chi connectivity index (χ1n) is 10.4. The third-order valence-corrected chi connectivity index (χ3v) is 5.51. The van der Waals surface area contributed by atoms with Crippen molar-refractivity contribution in [2.45, 2.75) is 13.8 Å².